The first-order chi connectivity index (χ1) is 8.90. The number of hydrogen-bond donors (Lipinski definition) is 2. The van der Waals surface area contributed by atoms with Crippen LogP contribution in [0.5, 0.6) is 11.9 Å². The maximum absolute atomic E-state index is 8.70. The van der Waals surface area contributed by atoms with Gasteiger partial charge in [0.2, 0.25) is 9.67 Å². The van der Waals surface area contributed by atoms with Crippen LogP contribution in [-0.2, 0) is 3.79 Å². The van der Waals surface area contributed by atoms with Crippen molar-refractivity contribution in [2.24, 2.45) is 0 Å². The smallest absolute Gasteiger partial charge is 0.320 e. The molecule has 0 unspecified atom stereocenters. The van der Waals surface area contributed by atoms with Crippen molar-refractivity contribution >= 4 is 46.4 Å². The molecule has 0 radical (unpaired) electrons. The highest BCUT2D eigenvalue weighted by atomic mass is 35.6. The molecule has 1 aromatic rings. The molecule has 0 fully saturated rings. The molecule has 0 aromatic carbocycles. The lowest BCUT2D eigenvalue weighted by Crippen LogP contribution is -2.13. The number of nitrogens with zero attached hydrogens (tertiary/aromatic N) is 2. The van der Waals surface area contributed by atoms with Crippen LogP contribution in [0.2, 0.25) is 5.02 Å². The molecule has 19 heavy (non-hydrogen) atoms. The van der Waals surface area contributed by atoms with E-state index in [-0.39, 0.29) is 49.0 Å². The first-order valence-corrected chi connectivity index (χ1v) is 6.53. The Labute approximate surface area is 129 Å². The molecule has 6 nitrogen and oxygen atoms in total. The fraction of sp³-hybridized carbons (Fsp3) is 0.556. The number of aromatic nitrogens is 2. The molecule has 1 aromatic heterocycles. The fourth-order valence-electron chi connectivity index (χ4n) is 1.03. The number of hydrogen-bond acceptors (Lipinski definition) is 6. The Bertz CT molecular complexity index is 427. The quantitative estimate of drug-likeness (QED) is 0.759. The van der Waals surface area contributed by atoms with Gasteiger partial charge >= 0.3 is 6.01 Å². The molecule has 0 saturated carbocycles. The van der Waals surface area contributed by atoms with Gasteiger partial charge in [0.05, 0.1) is 13.2 Å². The van der Waals surface area contributed by atoms with E-state index in [4.69, 9.17) is 66.1 Å². The lowest BCUT2D eigenvalue weighted by atomic mass is 10.4. The molecule has 0 saturated heterocycles. The second-order valence-electron chi connectivity index (χ2n) is 3.12. The van der Waals surface area contributed by atoms with E-state index in [1.54, 1.807) is 0 Å². The van der Waals surface area contributed by atoms with Gasteiger partial charge in [-0.1, -0.05) is 46.4 Å². The van der Waals surface area contributed by atoms with Crippen LogP contribution in [0, 0.1) is 0 Å². The van der Waals surface area contributed by atoms with Gasteiger partial charge in [-0.05, 0) is 0 Å². The molecule has 0 atom stereocenters. The van der Waals surface area contributed by atoms with Crippen molar-refractivity contribution in [2.45, 2.75) is 3.79 Å². The highest BCUT2D eigenvalue weighted by molar-refractivity contribution is 6.67. The van der Waals surface area contributed by atoms with Gasteiger partial charge in [0.1, 0.15) is 23.9 Å². The number of aliphatic hydroxyl groups excluding tert-OH is 2. The molecule has 0 bridgehead atoms. The third kappa shape index (κ3) is 4.98. The summed E-state index contributed by atoms with van der Waals surface area (Å²) in [6.07, 6.45) is 0. The normalized spacial score (nSPS) is 11.5. The molecular formula is C9H10Cl4N2O4. The van der Waals surface area contributed by atoms with Crippen molar-refractivity contribution in [2.75, 3.05) is 26.4 Å². The summed E-state index contributed by atoms with van der Waals surface area (Å²) in [5.74, 6) is -0.0834. The number of halogens is 4. The number of aliphatic hydroxyl groups is 2. The van der Waals surface area contributed by atoms with Crippen molar-refractivity contribution < 1.29 is 19.7 Å². The summed E-state index contributed by atoms with van der Waals surface area (Å²) in [7, 11) is 0. The van der Waals surface area contributed by atoms with Gasteiger partial charge in [-0.15, -0.1) is 0 Å². The molecule has 1 heterocycles. The first-order valence-electron chi connectivity index (χ1n) is 5.02. The number of alkyl halides is 3. The van der Waals surface area contributed by atoms with Gasteiger partial charge in [0.25, 0.3) is 0 Å². The lowest BCUT2D eigenvalue weighted by Gasteiger charge is -2.15. The summed E-state index contributed by atoms with van der Waals surface area (Å²) in [5.41, 5.74) is -0.116. The Kier molecular flexibility index (Phi) is 6.65. The minimum Gasteiger partial charge on any atom is -0.474 e. The van der Waals surface area contributed by atoms with Gasteiger partial charge < -0.3 is 19.7 Å². The van der Waals surface area contributed by atoms with E-state index in [9.17, 15) is 0 Å². The maximum Gasteiger partial charge on any atom is 0.320 e. The van der Waals surface area contributed by atoms with E-state index in [0.29, 0.717) is 0 Å². The zero-order chi connectivity index (χ0) is 14.5. The Morgan fingerprint density at radius 2 is 1.58 bits per heavy atom. The van der Waals surface area contributed by atoms with Crippen molar-refractivity contribution in [1.82, 2.24) is 9.97 Å². The van der Waals surface area contributed by atoms with Gasteiger partial charge in [-0.3, -0.25) is 0 Å². The zero-order valence-corrected chi connectivity index (χ0v) is 12.5. The van der Waals surface area contributed by atoms with E-state index in [2.05, 4.69) is 9.97 Å². The average molecular weight is 352 g/mol. The van der Waals surface area contributed by atoms with Crippen LogP contribution in [0.25, 0.3) is 0 Å². The summed E-state index contributed by atoms with van der Waals surface area (Å²) >= 11 is 23.1. The van der Waals surface area contributed by atoms with Crippen molar-refractivity contribution in [3.63, 3.8) is 0 Å². The van der Waals surface area contributed by atoms with E-state index in [1.807, 2.05) is 0 Å². The maximum atomic E-state index is 8.70. The minimum absolute atomic E-state index is 0.0413. The average Bonchev–Trinajstić information content (AvgIpc) is 2.34. The van der Waals surface area contributed by atoms with Crippen LogP contribution in [0.4, 0.5) is 0 Å². The number of ether oxygens (including phenoxy) is 2. The standard InChI is InChI=1S/C9H10Cl4N2O4/c10-5-6(9(11,12)13)14-8(19-4-2-17)15-7(5)18-3-1-16/h16-17H,1-4H2. The van der Waals surface area contributed by atoms with Gasteiger partial charge in [-0.2, -0.15) is 9.97 Å². The monoisotopic (exact) mass is 350 g/mol. The number of rotatable bonds is 6. The van der Waals surface area contributed by atoms with Gasteiger partial charge in [0.15, 0.2) is 0 Å². The zero-order valence-electron chi connectivity index (χ0n) is 9.45. The van der Waals surface area contributed by atoms with Crippen LogP contribution in [0.15, 0.2) is 0 Å². The highest BCUT2D eigenvalue weighted by Gasteiger charge is 2.31. The summed E-state index contributed by atoms with van der Waals surface area (Å²) in [6.45, 7) is -0.561. The van der Waals surface area contributed by atoms with Crippen LogP contribution in [0.1, 0.15) is 5.69 Å². The van der Waals surface area contributed by atoms with Gasteiger partial charge in [0, 0.05) is 0 Å². The van der Waals surface area contributed by atoms with Crippen LogP contribution in [-0.4, -0.2) is 46.6 Å². The lowest BCUT2D eigenvalue weighted by molar-refractivity contribution is 0.180. The second kappa shape index (κ2) is 7.52. The molecule has 1 rings (SSSR count). The third-order valence-corrected chi connectivity index (χ3v) is 2.60. The Morgan fingerprint density at radius 3 is 2.11 bits per heavy atom. The largest absolute Gasteiger partial charge is 0.474 e. The van der Waals surface area contributed by atoms with E-state index < -0.39 is 3.79 Å². The topological polar surface area (TPSA) is 84.7 Å². The van der Waals surface area contributed by atoms with Crippen LogP contribution >= 0.6 is 46.4 Å². The van der Waals surface area contributed by atoms with E-state index in [0.717, 1.165) is 0 Å². The minimum atomic E-state index is -1.89. The van der Waals surface area contributed by atoms with Crippen molar-refractivity contribution in [3.05, 3.63) is 10.7 Å². The molecule has 2 N–H and O–H groups in total. The molecule has 0 aliphatic heterocycles. The van der Waals surface area contributed by atoms with E-state index in [1.165, 1.54) is 0 Å². The summed E-state index contributed by atoms with van der Waals surface area (Å²) in [5, 5.41) is 17.3. The highest BCUT2D eigenvalue weighted by Crippen LogP contribution is 2.43. The molecule has 108 valence electrons. The molecular weight excluding hydrogens is 342 g/mol. The molecule has 0 amide bonds. The Morgan fingerprint density at radius 1 is 1.00 bits per heavy atom. The predicted molar refractivity (Wildman–Crippen MR) is 71.4 cm³/mol. The van der Waals surface area contributed by atoms with Gasteiger partial charge in [-0.25, -0.2) is 0 Å². The fourth-order valence-corrected chi connectivity index (χ4v) is 1.87. The third-order valence-electron chi connectivity index (χ3n) is 1.72. The predicted octanol–water partition coefficient (Wildman–Crippen LogP) is 1.70. The summed E-state index contributed by atoms with van der Waals surface area (Å²) in [4.78, 5) is 7.67. The van der Waals surface area contributed by atoms with Crippen LogP contribution in [0.3, 0.4) is 0 Å². The Hall–Kier alpha value is -0.240. The van der Waals surface area contributed by atoms with Crippen molar-refractivity contribution in [1.29, 1.82) is 0 Å². The molecule has 0 aliphatic rings. The van der Waals surface area contributed by atoms with Crippen molar-refractivity contribution in [3.8, 4) is 11.9 Å². The summed E-state index contributed by atoms with van der Waals surface area (Å²) < 4.78 is 8.21. The Balaban J connectivity index is 3.14. The first kappa shape index (κ1) is 16.8. The SMILES string of the molecule is OCCOc1nc(OCCO)c(Cl)c(C(Cl)(Cl)Cl)n1. The second-order valence-corrected chi connectivity index (χ2v) is 5.78. The summed E-state index contributed by atoms with van der Waals surface area (Å²) in [6, 6.07) is -0.160. The molecule has 10 heteroatoms. The van der Waals surface area contributed by atoms with E-state index >= 15 is 0 Å². The molecule has 0 aliphatic carbocycles. The molecule has 0 spiro atoms. The van der Waals surface area contributed by atoms with Crippen LogP contribution < -0.4 is 9.47 Å².